The third kappa shape index (κ3) is 9.19. The Morgan fingerprint density at radius 2 is 1.46 bits per heavy atom. The molecule has 7 heteroatoms. The maximum Gasteiger partial charge on any atom is 0.408 e. The summed E-state index contributed by atoms with van der Waals surface area (Å²) in [6, 6.07) is 3.98. The first kappa shape index (κ1) is 30.5. The van der Waals surface area contributed by atoms with Crippen molar-refractivity contribution in [3.8, 4) is 0 Å². The van der Waals surface area contributed by atoms with Gasteiger partial charge in [-0.15, -0.1) is 0 Å². The summed E-state index contributed by atoms with van der Waals surface area (Å²) in [4.78, 5) is 42.1. The number of hydrogen-bond acceptors (Lipinski definition) is 4. The predicted octanol–water partition coefficient (Wildman–Crippen LogP) is 5.44. The van der Waals surface area contributed by atoms with Crippen LogP contribution in [0.15, 0.2) is 18.2 Å². The minimum atomic E-state index is -0.830. The maximum atomic E-state index is 14.2. The smallest absolute Gasteiger partial charge is 0.408 e. The van der Waals surface area contributed by atoms with E-state index < -0.39 is 23.8 Å². The Labute approximate surface area is 212 Å². The highest BCUT2D eigenvalue weighted by Crippen LogP contribution is 2.29. The number of benzene rings is 1. The lowest BCUT2D eigenvalue weighted by atomic mass is 9.93. The van der Waals surface area contributed by atoms with Crippen LogP contribution in [0.4, 0.5) is 4.79 Å². The molecule has 3 amide bonds. The molecule has 0 radical (unpaired) electrons. The second kappa shape index (κ2) is 12.9. The van der Waals surface area contributed by atoms with Crippen LogP contribution in [0, 0.1) is 19.8 Å². The average Bonchev–Trinajstić information content (AvgIpc) is 2.71. The molecule has 1 rings (SSSR count). The van der Waals surface area contributed by atoms with Crippen molar-refractivity contribution >= 4 is 17.9 Å². The fraction of sp³-hybridized carbons (Fsp3) is 0.679. The first-order chi connectivity index (χ1) is 16.1. The Hall–Kier alpha value is -2.57. The van der Waals surface area contributed by atoms with E-state index in [0.717, 1.165) is 16.7 Å². The zero-order chi connectivity index (χ0) is 27.1. The number of alkyl carbamates (subject to hydrolysis) is 1. The van der Waals surface area contributed by atoms with Gasteiger partial charge in [-0.3, -0.25) is 9.59 Å². The molecule has 0 aliphatic heterocycles. The summed E-state index contributed by atoms with van der Waals surface area (Å²) in [6.45, 7) is 20.9. The van der Waals surface area contributed by atoms with E-state index in [0.29, 0.717) is 12.8 Å². The summed E-state index contributed by atoms with van der Waals surface area (Å²) < 4.78 is 5.46. The van der Waals surface area contributed by atoms with Gasteiger partial charge in [0.25, 0.3) is 0 Å². The van der Waals surface area contributed by atoms with Gasteiger partial charge < -0.3 is 20.3 Å². The van der Waals surface area contributed by atoms with Gasteiger partial charge in [-0.1, -0.05) is 56.5 Å². The molecule has 0 aromatic heterocycles. The molecule has 0 fully saturated rings. The van der Waals surface area contributed by atoms with Crippen LogP contribution in [0.2, 0.25) is 0 Å². The molecule has 1 aromatic rings. The molecular formula is C28H47N3O4. The zero-order valence-corrected chi connectivity index (χ0v) is 23.6. The summed E-state index contributed by atoms with van der Waals surface area (Å²) in [5.41, 5.74) is 2.10. The standard InChI is InChI=1S/C28H47N3O4/c1-12-20(7)23(30-27(34)35-28(9,10)11)26(33)31(21(8)13-2)24(25(32)29-17(3)4)22-15-18(5)14-19(6)16-22/h14-17,20-21,23-24H,12-13H2,1-11H3,(H,29,32)(H,30,34). The fourth-order valence-corrected chi connectivity index (χ4v) is 4.04. The maximum absolute atomic E-state index is 14.2. The fourth-order valence-electron chi connectivity index (χ4n) is 4.04. The molecule has 0 saturated heterocycles. The molecule has 35 heavy (non-hydrogen) atoms. The zero-order valence-electron chi connectivity index (χ0n) is 23.6. The quantitative estimate of drug-likeness (QED) is 0.458. The van der Waals surface area contributed by atoms with Crippen molar-refractivity contribution in [1.82, 2.24) is 15.5 Å². The van der Waals surface area contributed by atoms with E-state index in [9.17, 15) is 14.4 Å². The van der Waals surface area contributed by atoms with E-state index >= 15 is 0 Å². The average molecular weight is 490 g/mol. The number of hydrogen-bond donors (Lipinski definition) is 2. The van der Waals surface area contributed by atoms with E-state index in [4.69, 9.17) is 4.74 Å². The molecule has 0 heterocycles. The minimum absolute atomic E-state index is 0.0879. The van der Waals surface area contributed by atoms with Gasteiger partial charge in [0.2, 0.25) is 11.8 Å². The minimum Gasteiger partial charge on any atom is -0.444 e. The molecule has 198 valence electrons. The predicted molar refractivity (Wildman–Crippen MR) is 141 cm³/mol. The Balaban J connectivity index is 3.62. The molecule has 0 spiro atoms. The highest BCUT2D eigenvalue weighted by atomic mass is 16.6. The summed E-state index contributed by atoms with van der Waals surface area (Å²) >= 11 is 0. The number of nitrogens with one attached hydrogen (secondary N) is 2. The van der Waals surface area contributed by atoms with Crippen LogP contribution >= 0.6 is 0 Å². The third-order valence-corrected chi connectivity index (χ3v) is 5.99. The van der Waals surface area contributed by atoms with Crippen molar-refractivity contribution in [2.75, 3.05) is 0 Å². The molecule has 1 aromatic carbocycles. The third-order valence-electron chi connectivity index (χ3n) is 5.99. The van der Waals surface area contributed by atoms with Gasteiger partial charge >= 0.3 is 6.09 Å². The number of aryl methyl sites for hydroxylation is 2. The molecule has 2 N–H and O–H groups in total. The lowest BCUT2D eigenvalue weighted by molar-refractivity contribution is -0.146. The summed E-state index contributed by atoms with van der Waals surface area (Å²) in [6.07, 6.45) is 0.684. The number of nitrogens with zero attached hydrogens (tertiary/aromatic N) is 1. The summed E-state index contributed by atoms with van der Waals surface area (Å²) in [5, 5.41) is 5.81. The Bertz CT molecular complexity index is 855. The van der Waals surface area contributed by atoms with Gasteiger partial charge in [0.15, 0.2) is 0 Å². The van der Waals surface area contributed by atoms with Crippen LogP contribution in [-0.2, 0) is 14.3 Å². The SMILES string of the molecule is CCC(C)C(NC(=O)OC(C)(C)C)C(=O)N(C(C)CC)C(C(=O)NC(C)C)c1cc(C)cc(C)c1. The van der Waals surface area contributed by atoms with Gasteiger partial charge in [0.05, 0.1) is 0 Å². The first-order valence-corrected chi connectivity index (χ1v) is 12.8. The summed E-state index contributed by atoms with van der Waals surface area (Å²) in [5.74, 6) is -0.684. The van der Waals surface area contributed by atoms with Crippen molar-refractivity contribution in [3.63, 3.8) is 0 Å². The number of carbonyl (C=O) groups excluding carboxylic acids is 3. The Morgan fingerprint density at radius 1 is 0.914 bits per heavy atom. The molecule has 0 aliphatic carbocycles. The number of rotatable bonds is 10. The highest BCUT2D eigenvalue weighted by molar-refractivity contribution is 5.92. The normalized spacial score (nSPS) is 15.1. The van der Waals surface area contributed by atoms with E-state index in [1.165, 1.54) is 0 Å². The van der Waals surface area contributed by atoms with Crippen LogP contribution in [0.5, 0.6) is 0 Å². The molecule has 7 nitrogen and oxygen atoms in total. The van der Waals surface area contributed by atoms with E-state index in [2.05, 4.69) is 10.6 Å². The van der Waals surface area contributed by atoms with Crippen molar-refractivity contribution in [2.24, 2.45) is 5.92 Å². The van der Waals surface area contributed by atoms with Crippen molar-refractivity contribution in [3.05, 3.63) is 34.9 Å². The van der Waals surface area contributed by atoms with Gasteiger partial charge in [-0.25, -0.2) is 4.79 Å². The lowest BCUT2D eigenvalue weighted by Gasteiger charge is -2.39. The monoisotopic (exact) mass is 489 g/mol. The van der Waals surface area contributed by atoms with Gasteiger partial charge in [-0.2, -0.15) is 0 Å². The van der Waals surface area contributed by atoms with Crippen LogP contribution in [0.3, 0.4) is 0 Å². The Kier molecular flexibility index (Phi) is 11.3. The lowest BCUT2D eigenvalue weighted by Crippen LogP contribution is -2.57. The van der Waals surface area contributed by atoms with E-state index in [1.54, 1.807) is 25.7 Å². The molecule has 4 atom stereocenters. The van der Waals surface area contributed by atoms with Crippen molar-refractivity contribution < 1.29 is 19.1 Å². The van der Waals surface area contributed by atoms with Gasteiger partial charge in [-0.05, 0) is 73.3 Å². The van der Waals surface area contributed by atoms with Crippen molar-refractivity contribution in [2.45, 2.75) is 119 Å². The highest BCUT2D eigenvalue weighted by Gasteiger charge is 2.40. The topological polar surface area (TPSA) is 87.7 Å². The largest absolute Gasteiger partial charge is 0.444 e. The Morgan fingerprint density at radius 3 is 1.89 bits per heavy atom. The molecular weight excluding hydrogens is 442 g/mol. The second-order valence-corrected chi connectivity index (χ2v) is 11.0. The molecule has 4 unspecified atom stereocenters. The van der Waals surface area contributed by atoms with Crippen LogP contribution in [0.25, 0.3) is 0 Å². The van der Waals surface area contributed by atoms with E-state index in [1.807, 2.05) is 73.6 Å². The molecule has 0 bridgehead atoms. The van der Waals surface area contributed by atoms with Crippen LogP contribution in [0.1, 0.15) is 97.9 Å². The van der Waals surface area contributed by atoms with Crippen LogP contribution in [-0.4, -0.2) is 46.5 Å². The first-order valence-electron chi connectivity index (χ1n) is 12.8. The molecule has 0 saturated carbocycles. The van der Waals surface area contributed by atoms with Crippen LogP contribution < -0.4 is 10.6 Å². The molecule has 0 aliphatic rings. The summed E-state index contributed by atoms with van der Waals surface area (Å²) in [7, 11) is 0. The number of amides is 3. The van der Waals surface area contributed by atoms with Gasteiger partial charge in [0.1, 0.15) is 17.7 Å². The number of ether oxygens (including phenoxy) is 1. The van der Waals surface area contributed by atoms with Gasteiger partial charge in [0, 0.05) is 12.1 Å². The number of carbonyl (C=O) groups is 3. The van der Waals surface area contributed by atoms with Crippen molar-refractivity contribution in [1.29, 1.82) is 0 Å². The second-order valence-electron chi connectivity index (χ2n) is 11.0. The van der Waals surface area contributed by atoms with E-state index in [-0.39, 0.29) is 29.8 Å².